The standard InChI is InChI=1S/C25H38O3.C2H3N/c1-3-5-8-19(4-2)11-16-25(26)28-18-27-22-15-14-21-13-12-20-9-6-7-10-23(20)24(21)17-22;1-2-3/h14-15,17,19-20,23H,3-13,16,18H2,1-2H3;1H3. The molecule has 1 saturated carbocycles. The van der Waals surface area contributed by atoms with E-state index in [-0.39, 0.29) is 12.8 Å². The molecule has 4 nitrogen and oxygen atoms in total. The van der Waals surface area contributed by atoms with Crippen LogP contribution in [-0.2, 0) is 16.0 Å². The summed E-state index contributed by atoms with van der Waals surface area (Å²) in [5.74, 6) is 2.90. The van der Waals surface area contributed by atoms with Crippen LogP contribution in [0.25, 0.3) is 0 Å². The molecule has 0 amide bonds. The van der Waals surface area contributed by atoms with E-state index in [2.05, 4.69) is 26.0 Å². The maximum absolute atomic E-state index is 12.0. The number of hydrogen-bond donors (Lipinski definition) is 0. The van der Waals surface area contributed by atoms with E-state index in [1.165, 1.54) is 75.8 Å². The number of carbonyl (C=O) groups excluding carboxylic acids is 1. The zero-order valence-corrected chi connectivity index (χ0v) is 19.8. The number of fused-ring (bicyclic) bond motifs is 3. The number of benzene rings is 1. The van der Waals surface area contributed by atoms with Gasteiger partial charge >= 0.3 is 5.97 Å². The van der Waals surface area contributed by atoms with Crippen LogP contribution in [0.15, 0.2) is 18.2 Å². The predicted molar refractivity (Wildman–Crippen MR) is 125 cm³/mol. The van der Waals surface area contributed by atoms with Crippen molar-refractivity contribution in [3.63, 3.8) is 0 Å². The van der Waals surface area contributed by atoms with Gasteiger partial charge in [-0.1, -0.05) is 58.4 Å². The van der Waals surface area contributed by atoms with Gasteiger partial charge in [-0.05, 0) is 73.1 Å². The smallest absolute Gasteiger partial charge is 0.308 e. The zero-order chi connectivity index (χ0) is 22.5. The summed E-state index contributed by atoms with van der Waals surface area (Å²) in [6.07, 6.45) is 14.2. The van der Waals surface area contributed by atoms with E-state index in [1.807, 2.05) is 6.07 Å². The van der Waals surface area contributed by atoms with Crippen molar-refractivity contribution in [3.05, 3.63) is 29.3 Å². The van der Waals surface area contributed by atoms with Crippen LogP contribution in [0.5, 0.6) is 5.75 Å². The highest BCUT2D eigenvalue weighted by Crippen LogP contribution is 2.45. The summed E-state index contributed by atoms with van der Waals surface area (Å²) < 4.78 is 11.1. The Bertz CT molecular complexity index is 709. The zero-order valence-electron chi connectivity index (χ0n) is 19.8. The first kappa shape index (κ1) is 25.2. The normalized spacial score (nSPS) is 20.2. The number of unbranched alkanes of at least 4 members (excludes halogenated alkanes) is 1. The van der Waals surface area contributed by atoms with Crippen molar-refractivity contribution >= 4 is 5.97 Å². The third-order valence-electron chi connectivity index (χ3n) is 6.96. The van der Waals surface area contributed by atoms with Crippen LogP contribution in [0.4, 0.5) is 0 Å². The number of esters is 1. The molecule has 1 fully saturated rings. The molecule has 31 heavy (non-hydrogen) atoms. The maximum atomic E-state index is 12.0. The van der Waals surface area contributed by atoms with Gasteiger partial charge in [-0.15, -0.1) is 0 Å². The molecule has 0 aliphatic heterocycles. The van der Waals surface area contributed by atoms with E-state index in [9.17, 15) is 4.79 Å². The largest absolute Gasteiger partial charge is 0.457 e. The van der Waals surface area contributed by atoms with Gasteiger partial charge in [-0.3, -0.25) is 4.79 Å². The van der Waals surface area contributed by atoms with Crippen LogP contribution in [0.1, 0.15) is 108 Å². The summed E-state index contributed by atoms with van der Waals surface area (Å²) >= 11 is 0. The molecule has 2 aliphatic rings. The Kier molecular flexibility index (Phi) is 11.5. The molecular formula is C27H41NO3. The van der Waals surface area contributed by atoms with Crippen molar-refractivity contribution in [2.24, 2.45) is 11.8 Å². The molecule has 1 aromatic rings. The average molecular weight is 428 g/mol. The van der Waals surface area contributed by atoms with Crippen molar-refractivity contribution in [1.82, 2.24) is 0 Å². The number of nitrogens with zero attached hydrogens (tertiary/aromatic N) is 1. The second kappa shape index (κ2) is 14.1. The molecular weight excluding hydrogens is 386 g/mol. The second-order valence-corrected chi connectivity index (χ2v) is 9.01. The van der Waals surface area contributed by atoms with Crippen molar-refractivity contribution in [1.29, 1.82) is 5.26 Å². The van der Waals surface area contributed by atoms with Gasteiger partial charge in [0.25, 0.3) is 0 Å². The quantitative estimate of drug-likeness (QED) is 0.290. The molecule has 0 saturated heterocycles. The fraction of sp³-hybridized carbons (Fsp3) is 0.704. The molecule has 3 rings (SSSR count). The number of rotatable bonds is 10. The molecule has 3 atom stereocenters. The average Bonchev–Trinajstić information content (AvgIpc) is 2.79. The highest BCUT2D eigenvalue weighted by atomic mass is 16.7. The summed E-state index contributed by atoms with van der Waals surface area (Å²) in [6.45, 7) is 5.88. The van der Waals surface area contributed by atoms with Crippen LogP contribution >= 0.6 is 0 Å². The first-order valence-electron chi connectivity index (χ1n) is 12.3. The highest BCUT2D eigenvalue weighted by Gasteiger charge is 2.31. The van der Waals surface area contributed by atoms with Crippen LogP contribution in [0.2, 0.25) is 0 Å². The SMILES string of the molecule is CC#N.CCCCC(CC)CCC(=O)OCOc1ccc2c(c1)C1CCCCC1CC2. The molecule has 0 bridgehead atoms. The Balaban J connectivity index is 0.00000107. The third kappa shape index (κ3) is 8.20. The monoisotopic (exact) mass is 427 g/mol. The van der Waals surface area contributed by atoms with Gasteiger partial charge in [0.1, 0.15) is 5.75 Å². The fourth-order valence-corrected chi connectivity index (χ4v) is 5.14. The fourth-order valence-electron chi connectivity index (χ4n) is 5.14. The lowest BCUT2D eigenvalue weighted by Gasteiger charge is -2.37. The lowest BCUT2D eigenvalue weighted by molar-refractivity contribution is -0.150. The maximum Gasteiger partial charge on any atom is 0.308 e. The topological polar surface area (TPSA) is 59.3 Å². The summed E-state index contributed by atoms with van der Waals surface area (Å²) in [5.41, 5.74) is 2.98. The minimum atomic E-state index is -0.139. The van der Waals surface area contributed by atoms with Gasteiger partial charge in [-0.25, -0.2) is 0 Å². The Labute approximate surface area is 189 Å². The van der Waals surface area contributed by atoms with E-state index in [4.69, 9.17) is 14.7 Å². The lowest BCUT2D eigenvalue weighted by atomic mass is 9.68. The number of nitriles is 1. The molecule has 0 N–H and O–H groups in total. The van der Waals surface area contributed by atoms with Crippen LogP contribution < -0.4 is 4.74 Å². The lowest BCUT2D eigenvalue weighted by Crippen LogP contribution is -2.24. The molecule has 2 aliphatic carbocycles. The number of carbonyl (C=O) groups is 1. The summed E-state index contributed by atoms with van der Waals surface area (Å²) in [5, 5.41) is 7.32. The molecule has 172 valence electrons. The summed E-state index contributed by atoms with van der Waals surface area (Å²) in [4.78, 5) is 12.0. The molecule has 0 spiro atoms. The number of aryl methyl sites for hydroxylation is 1. The van der Waals surface area contributed by atoms with Crippen molar-refractivity contribution in [2.75, 3.05) is 6.79 Å². The second-order valence-electron chi connectivity index (χ2n) is 9.01. The van der Waals surface area contributed by atoms with E-state index in [0.717, 1.165) is 24.5 Å². The Hall–Kier alpha value is -2.02. The van der Waals surface area contributed by atoms with Gasteiger partial charge in [0, 0.05) is 13.3 Å². The van der Waals surface area contributed by atoms with Gasteiger partial charge in [0.05, 0.1) is 6.07 Å². The van der Waals surface area contributed by atoms with Crippen molar-refractivity contribution < 1.29 is 14.3 Å². The molecule has 4 heteroatoms. The van der Waals surface area contributed by atoms with E-state index in [1.54, 1.807) is 6.07 Å². The third-order valence-corrected chi connectivity index (χ3v) is 6.96. The van der Waals surface area contributed by atoms with Crippen LogP contribution in [0, 0.1) is 23.2 Å². The van der Waals surface area contributed by atoms with Gasteiger partial charge < -0.3 is 9.47 Å². The van der Waals surface area contributed by atoms with E-state index < -0.39 is 0 Å². The first-order chi connectivity index (χ1) is 15.1. The minimum Gasteiger partial charge on any atom is -0.457 e. The molecule has 1 aromatic carbocycles. The Morgan fingerprint density at radius 3 is 2.71 bits per heavy atom. The molecule has 0 radical (unpaired) electrons. The Morgan fingerprint density at radius 1 is 1.19 bits per heavy atom. The van der Waals surface area contributed by atoms with E-state index >= 15 is 0 Å². The van der Waals surface area contributed by atoms with Gasteiger partial charge in [0.2, 0.25) is 6.79 Å². The summed E-state index contributed by atoms with van der Waals surface area (Å²) in [6, 6.07) is 8.22. The number of ether oxygens (including phenoxy) is 2. The molecule has 3 unspecified atom stereocenters. The number of hydrogen-bond acceptors (Lipinski definition) is 4. The van der Waals surface area contributed by atoms with Gasteiger partial charge in [-0.2, -0.15) is 5.26 Å². The van der Waals surface area contributed by atoms with Gasteiger partial charge in [0.15, 0.2) is 0 Å². The van der Waals surface area contributed by atoms with Crippen molar-refractivity contribution in [2.45, 2.75) is 104 Å². The summed E-state index contributed by atoms with van der Waals surface area (Å²) in [7, 11) is 0. The van der Waals surface area contributed by atoms with Crippen LogP contribution in [-0.4, -0.2) is 12.8 Å². The Morgan fingerprint density at radius 2 is 1.97 bits per heavy atom. The first-order valence-corrected chi connectivity index (χ1v) is 12.3. The highest BCUT2D eigenvalue weighted by molar-refractivity contribution is 5.69. The van der Waals surface area contributed by atoms with Crippen LogP contribution in [0.3, 0.4) is 0 Å². The minimum absolute atomic E-state index is 0.0253. The van der Waals surface area contributed by atoms with E-state index in [0.29, 0.717) is 18.3 Å². The van der Waals surface area contributed by atoms with Crippen molar-refractivity contribution in [3.8, 4) is 11.8 Å². The predicted octanol–water partition coefficient (Wildman–Crippen LogP) is 7.31. The molecule has 0 aromatic heterocycles. The molecule has 0 heterocycles.